The molecule has 3 saturated heterocycles. The summed E-state index contributed by atoms with van der Waals surface area (Å²) in [5.41, 5.74) is 0. The molecule has 3 heterocycles. The highest BCUT2D eigenvalue weighted by atomic mass is 35.5. The minimum absolute atomic E-state index is 0. The zero-order chi connectivity index (χ0) is 17.6. The van der Waals surface area contributed by atoms with E-state index in [1.54, 1.807) is 7.11 Å². The van der Waals surface area contributed by atoms with Crippen molar-refractivity contribution in [1.82, 2.24) is 20.4 Å². The van der Waals surface area contributed by atoms with Crippen molar-refractivity contribution < 1.29 is 14.3 Å². The first-order valence-electron chi connectivity index (χ1n) is 9.66. The highest BCUT2D eigenvalue weighted by molar-refractivity contribution is 5.85. The van der Waals surface area contributed by atoms with Gasteiger partial charge in [-0.3, -0.25) is 14.5 Å². The van der Waals surface area contributed by atoms with Gasteiger partial charge in [-0.2, -0.15) is 0 Å². The van der Waals surface area contributed by atoms with Gasteiger partial charge >= 0.3 is 0 Å². The molecule has 2 unspecified atom stereocenters. The van der Waals surface area contributed by atoms with Crippen LogP contribution in [0.2, 0.25) is 0 Å². The molecule has 0 saturated carbocycles. The summed E-state index contributed by atoms with van der Waals surface area (Å²) in [5, 5.41) is 6.48. The maximum absolute atomic E-state index is 12.6. The van der Waals surface area contributed by atoms with E-state index in [1.807, 2.05) is 4.90 Å². The maximum Gasteiger partial charge on any atom is 0.234 e. The van der Waals surface area contributed by atoms with Crippen LogP contribution in [0.15, 0.2) is 0 Å². The Labute approximate surface area is 174 Å². The van der Waals surface area contributed by atoms with Crippen LogP contribution < -0.4 is 10.6 Å². The number of nitrogens with zero attached hydrogens (tertiary/aromatic N) is 2. The Balaban J connectivity index is 0.00000182. The highest BCUT2D eigenvalue weighted by Crippen LogP contribution is 2.33. The number of halogens is 2. The second kappa shape index (κ2) is 12.1. The number of rotatable bonds is 7. The van der Waals surface area contributed by atoms with Crippen LogP contribution in [0.4, 0.5) is 0 Å². The summed E-state index contributed by atoms with van der Waals surface area (Å²) in [7, 11) is 1.62. The van der Waals surface area contributed by atoms with E-state index in [2.05, 4.69) is 15.5 Å². The number of fused-ring (bicyclic) bond motifs is 2. The van der Waals surface area contributed by atoms with Gasteiger partial charge in [0.2, 0.25) is 11.8 Å². The highest BCUT2D eigenvalue weighted by Gasteiger charge is 2.35. The quantitative estimate of drug-likeness (QED) is 0.587. The normalized spacial score (nSPS) is 27.4. The number of amides is 2. The predicted octanol–water partition coefficient (Wildman–Crippen LogP) is 0.658. The van der Waals surface area contributed by atoms with Crippen molar-refractivity contribution in [2.45, 2.75) is 44.2 Å². The van der Waals surface area contributed by atoms with Crippen LogP contribution in [0, 0.1) is 5.92 Å². The Morgan fingerprint density at radius 3 is 2.30 bits per heavy atom. The van der Waals surface area contributed by atoms with E-state index in [0.717, 1.165) is 39.0 Å². The number of carbonyl (C=O) groups excluding carboxylic acids is 2. The van der Waals surface area contributed by atoms with E-state index >= 15 is 0 Å². The number of hydrogen-bond acceptors (Lipinski definition) is 5. The molecule has 0 aromatic heterocycles. The van der Waals surface area contributed by atoms with Gasteiger partial charge in [0, 0.05) is 58.3 Å². The van der Waals surface area contributed by atoms with Gasteiger partial charge in [-0.25, -0.2) is 0 Å². The summed E-state index contributed by atoms with van der Waals surface area (Å²) >= 11 is 0. The molecule has 9 heteroatoms. The molecule has 0 spiro atoms. The Bertz CT molecular complexity index is 464. The molecular weight excluding hydrogens is 391 g/mol. The van der Waals surface area contributed by atoms with Crippen molar-refractivity contribution in [2.75, 3.05) is 53.0 Å². The lowest BCUT2D eigenvalue weighted by molar-refractivity contribution is -0.134. The minimum Gasteiger partial charge on any atom is -0.383 e. The van der Waals surface area contributed by atoms with Gasteiger partial charge in [0.15, 0.2) is 0 Å². The molecule has 158 valence electrons. The summed E-state index contributed by atoms with van der Waals surface area (Å²) in [6.45, 7) is 4.52. The number of carbonyl (C=O) groups is 2. The first-order valence-corrected chi connectivity index (χ1v) is 9.66. The average molecular weight is 425 g/mol. The van der Waals surface area contributed by atoms with Gasteiger partial charge in [0.25, 0.3) is 0 Å². The fraction of sp³-hybridized carbons (Fsp3) is 0.889. The lowest BCUT2D eigenvalue weighted by Crippen LogP contribution is -2.51. The second-order valence-corrected chi connectivity index (χ2v) is 7.68. The third kappa shape index (κ3) is 7.38. The largest absolute Gasteiger partial charge is 0.383 e. The first kappa shape index (κ1) is 24.4. The first-order chi connectivity index (χ1) is 12.1. The molecule has 0 aromatic carbocycles. The summed E-state index contributed by atoms with van der Waals surface area (Å²) < 4.78 is 4.93. The van der Waals surface area contributed by atoms with E-state index < -0.39 is 0 Å². The van der Waals surface area contributed by atoms with Crippen LogP contribution in [0.5, 0.6) is 0 Å². The lowest BCUT2D eigenvalue weighted by Gasteiger charge is -2.36. The Kier molecular flexibility index (Phi) is 10.9. The second-order valence-electron chi connectivity index (χ2n) is 7.68. The van der Waals surface area contributed by atoms with Crippen LogP contribution >= 0.6 is 24.8 Å². The van der Waals surface area contributed by atoms with Crippen molar-refractivity contribution in [2.24, 2.45) is 5.92 Å². The molecular formula is C18H34Cl2N4O3. The number of hydrogen-bond donors (Lipinski definition) is 2. The van der Waals surface area contributed by atoms with Crippen molar-refractivity contribution in [3.8, 4) is 0 Å². The number of methoxy groups -OCH3 is 1. The van der Waals surface area contributed by atoms with Gasteiger partial charge in [-0.05, 0) is 31.6 Å². The third-order valence-electron chi connectivity index (χ3n) is 5.75. The number of ether oxygens (including phenoxy) is 1. The van der Waals surface area contributed by atoms with E-state index in [1.165, 1.54) is 12.8 Å². The van der Waals surface area contributed by atoms with Gasteiger partial charge in [0.1, 0.15) is 0 Å². The van der Waals surface area contributed by atoms with Crippen LogP contribution in [0.25, 0.3) is 0 Å². The van der Waals surface area contributed by atoms with Crippen molar-refractivity contribution in [3.63, 3.8) is 0 Å². The van der Waals surface area contributed by atoms with E-state index in [-0.39, 0.29) is 30.7 Å². The predicted molar refractivity (Wildman–Crippen MR) is 110 cm³/mol. The lowest BCUT2D eigenvalue weighted by atomic mass is 9.89. The molecule has 27 heavy (non-hydrogen) atoms. The van der Waals surface area contributed by atoms with E-state index in [9.17, 15) is 9.59 Å². The standard InChI is InChI=1S/C18H32N4O3.2ClH/c1-25-9-4-19-17(23)13-21-5-7-22(8-6-21)18(24)12-14-10-15-2-3-16(11-14)20-15;;/h14-16,20H,2-13H2,1H3,(H,19,23);2*1H. The fourth-order valence-corrected chi connectivity index (χ4v) is 4.42. The molecule has 3 fully saturated rings. The van der Waals surface area contributed by atoms with Gasteiger partial charge in [-0.15, -0.1) is 24.8 Å². The van der Waals surface area contributed by atoms with E-state index in [4.69, 9.17) is 4.74 Å². The molecule has 3 aliphatic heterocycles. The maximum atomic E-state index is 12.6. The molecule has 0 aromatic rings. The smallest absolute Gasteiger partial charge is 0.234 e. The van der Waals surface area contributed by atoms with Crippen LogP contribution in [-0.4, -0.2) is 86.7 Å². The molecule has 2 bridgehead atoms. The van der Waals surface area contributed by atoms with Crippen molar-refractivity contribution >= 4 is 36.6 Å². The SMILES string of the molecule is COCCNC(=O)CN1CCN(C(=O)CC2CC3CCC(C2)N3)CC1.Cl.Cl. The minimum atomic E-state index is 0. The van der Waals surface area contributed by atoms with Crippen LogP contribution in [0.1, 0.15) is 32.1 Å². The average Bonchev–Trinajstić information content (AvgIpc) is 2.94. The zero-order valence-corrected chi connectivity index (χ0v) is 17.8. The molecule has 3 rings (SSSR count). The summed E-state index contributed by atoms with van der Waals surface area (Å²) in [5.74, 6) is 0.883. The summed E-state index contributed by atoms with van der Waals surface area (Å²) in [4.78, 5) is 28.5. The van der Waals surface area contributed by atoms with Gasteiger partial charge in [-0.1, -0.05) is 0 Å². The van der Waals surface area contributed by atoms with Crippen molar-refractivity contribution in [1.29, 1.82) is 0 Å². The molecule has 0 aliphatic carbocycles. The number of nitrogens with one attached hydrogen (secondary N) is 2. The Morgan fingerprint density at radius 1 is 1.07 bits per heavy atom. The number of piperazine rings is 1. The van der Waals surface area contributed by atoms with Crippen molar-refractivity contribution in [3.05, 3.63) is 0 Å². The zero-order valence-electron chi connectivity index (χ0n) is 16.2. The molecule has 2 N–H and O–H groups in total. The molecule has 3 aliphatic rings. The molecule has 2 atom stereocenters. The molecule has 2 amide bonds. The monoisotopic (exact) mass is 424 g/mol. The fourth-order valence-electron chi connectivity index (χ4n) is 4.42. The Morgan fingerprint density at radius 2 is 1.70 bits per heavy atom. The summed E-state index contributed by atoms with van der Waals surface area (Å²) in [6.07, 6.45) is 5.57. The Hall–Kier alpha value is -0.600. The van der Waals surface area contributed by atoms with Gasteiger partial charge in [0.05, 0.1) is 13.2 Å². The molecule has 7 nitrogen and oxygen atoms in total. The third-order valence-corrected chi connectivity index (χ3v) is 5.75. The number of piperidine rings is 1. The van der Waals surface area contributed by atoms with E-state index in [0.29, 0.717) is 50.0 Å². The topological polar surface area (TPSA) is 73.9 Å². The molecule has 0 radical (unpaired) electrons. The van der Waals surface area contributed by atoms with Crippen LogP contribution in [0.3, 0.4) is 0 Å². The van der Waals surface area contributed by atoms with Crippen LogP contribution in [-0.2, 0) is 14.3 Å². The summed E-state index contributed by atoms with van der Waals surface area (Å²) in [6, 6.07) is 1.29. The van der Waals surface area contributed by atoms with Gasteiger partial charge < -0.3 is 20.3 Å².